The van der Waals surface area contributed by atoms with Gasteiger partial charge in [-0.15, -0.1) is 0 Å². The number of nitrogens with one attached hydrogen (secondary N) is 1. The molecule has 0 radical (unpaired) electrons. The van der Waals surface area contributed by atoms with Crippen LogP contribution >= 0.6 is 0 Å². The molecule has 38 heavy (non-hydrogen) atoms. The third-order valence-corrected chi connectivity index (χ3v) is 8.80. The summed E-state index contributed by atoms with van der Waals surface area (Å²) >= 11 is 0. The fourth-order valence-corrected chi connectivity index (χ4v) is 6.27. The Hall–Kier alpha value is -0.0800. The van der Waals surface area contributed by atoms with Crippen molar-refractivity contribution in [2.24, 2.45) is 11.8 Å². The second kappa shape index (κ2) is 31.4. The van der Waals surface area contributed by atoms with Crippen molar-refractivity contribution in [1.82, 2.24) is 10.2 Å². The standard InChI is InChI=1S/C36H76N2/c1-6-10-14-18-20-24-29-35(27-22-16-12-8-3)33-38(32-26-31-37-5)34-36(28-23-17-13-9-4)30-25-21-19-15-11-7-2/h35-37H,6-34H2,1-5H3. The first-order valence-corrected chi connectivity index (χ1v) is 18.1. The van der Waals surface area contributed by atoms with Crippen LogP contribution in [-0.2, 0) is 0 Å². The van der Waals surface area contributed by atoms with E-state index in [-0.39, 0.29) is 0 Å². The van der Waals surface area contributed by atoms with Gasteiger partial charge in [-0.05, 0) is 64.1 Å². The van der Waals surface area contributed by atoms with Crippen molar-refractivity contribution in [3.05, 3.63) is 0 Å². The Labute approximate surface area is 243 Å². The van der Waals surface area contributed by atoms with Crippen molar-refractivity contribution >= 4 is 0 Å². The summed E-state index contributed by atoms with van der Waals surface area (Å²) in [6.07, 6.45) is 35.8. The highest BCUT2D eigenvalue weighted by Crippen LogP contribution is 2.24. The van der Waals surface area contributed by atoms with Gasteiger partial charge in [0.25, 0.3) is 0 Å². The van der Waals surface area contributed by atoms with E-state index in [0.29, 0.717) is 0 Å². The molecule has 0 bridgehead atoms. The zero-order valence-electron chi connectivity index (χ0n) is 27.6. The maximum absolute atomic E-state index is 3.42. The molecule has 0 aliphatic heterocycles. The highest BCUT2D eigenvalue weighted by molar-refractivity contribution is 4.73. The molecule has 2 nitrogen and oxygen atoms in total. The van der Waals surface area contributed by atoms with Crippen LogP contribution in [0.1, 0.15) is 188 Å². The van der Waals surface area contributed by atoms with Gasteiger partial charge >= 0.3 is 0 Å². The predicted molar refractivity (Wildman–Crippen MR) is 175 cm³/mol. The maximum atomic E-state index is 3.42. The van der Waals surface area contributed by atoms with Crippen LogP contribution in [0.15, 0.2) is 0 Å². The van der Waals surface area contributed by atoms with Gasteiger partial charge in [-0.1, -0.05) is 156 Å². The minimum Gasteiger partial charge on any atom is -0.320 e. The highest BCUT2D eigenvalue weighted by atomic mass is 15.1. The lowest BCUT2D eigenvalue weighted by Crippen LogP contribution is -2.36. The lowest BCUT2D eigenvalue weighted by atomic mass is 9.91. The molecule has 2 heteroatoms. The van der Waals surface area contributed by atoms with Crippen molar-refractivity contribution in [1.29, 1.82) is 0 Å². The Morgan fingerprint density at radius 1 is 0.421 bits per heavy atom. The first-order chi connectivity index (χ1) is 18.7. The van der Waals surface area contributed by atoms with E-state index < -0.39 is 0 Å². The largest absolute Gasteiger partial charge is 0.320 e. The Morgan fingerprint density at radius 3 is 1.08 bits per heavy atom. The molecule has 0 aromatic carbocycles. The average Bonchev–Trinajstić information content (AvgIpc) is 2.92. The van der Waals surface area contributed by atoms with Crippen LogP contribution in [0.4, 0.5) is 0 Å². The summed E-state index contributed by atoms with van der Waals surface area (Å²) in [7, 11) is 2.12. The third kappa shape index (κ3) is 26.2. The van der Waals surface area contributed by atoms with E-state index in [1.165, 1.54) is 180 Å². The van der Waals surface area contributed by atoms with Crippen LogP contribution in [0.5, 0.6) is 0 Å². The molecule has 0 rings (SSSR count). The number of nitrogens with zero attached hydrogens (tertiary/aromatic N) is 1. The number of rotatable bonds is 32. The Kier molecular flexibility index (Phi) is 31.4. The summed E-state index contributed by atoms with van der Waals surface area (Å²) in [5.74, 6) is 1.84. The summed E-state index contributed by atoms with van der Waals surface area (Å²) in [5, 5.41) is 3.42. The second-order valence-corrected chi connectivity index (χ2v) is 12.8. The highest BCUT2D eigenvalue weighted by Gasteiger charge is 2.18. The van der Waals surface area contributed by atoms with Crippen LogP contribution in [0.2, 0.25) is 0 Å². The SMILES string of the molecule is CCCCCCCCC(CCCCCC)CN(CCCNC)CC(CCCCCC)CCCCCCCC. The maximum Gasteiger partial charge on any atom is 0.000978 e. The molecule has 2 unspecified atom stereocenters. The Bertz CT molecular complexity index is 390. The summed E-state index contributed by atoms with van der Waals surface area (Å²) < 4.78 is 0. The smallest absolute Gasteiger partial charge is 0.000978 e. The first kappa shape index (κ1) is 37.9. The van der Waals surface area contributed by atoms with E-state index in [9.17, 15) is 0 Å². The topological polar surface area (TPSA) is 15.3 Å². The molecule has 0 aromatic rings. The van der Waals surface area contributed by atoms with Crippen LogP contribution in [0, 0.1) is 11.8 Å². The van der Waals surface area contributed by atoms with Crippen molar-refractivity contribution in [2.75, 3.05) is 33.2 Å². The molecule has 2 atom stereocenters. The molecule has 1 N–H and O–H groups in total. The van der Waals surface area contributed by atoms with Gasteiger partial charge in [-0.2, -0.15) is 0 Å². The molecule has 0 fully saturated rings. The molecule has 230 valence electrons. The molecule has 0 heterocycles. The van der Waals surface area contributed by atoms with E-state index in [1.807, 2.05) is 0 Å². The van der Waals surface area contributed by atoms with Gasteiger partial charge in [0.2, 0.25) is 0 Å². The van der Waals surface area contributed by atoms with Gasteiger partial charge in [0.05, 0.1) is 0 Å². The summed E-state index contributed by atoms with van der Waals surface area (Å²) in [6.45, 7) is 14.6. The minimum absolute atomic E-state index is 0.919. The molecule has 0 spiro atoms. The van der Waals surface area contributed by atoms with Crippen molar-refractivity contribution in [3.63, 3.8) is 0 Å². The predicted octanol–water partition coefficient (Wildman–Crippen LogP) is 11.6. The minimum atomic E-state index is 0.919. The fourth-order valence-electron chi connectivity index (χ4n) is 6.27. The summed E-state index contributed by atoms with van der Waals surface area (Å²) in [6, 6.07) is 0. The van der Waals surface area contributed by atoms with E-state index >= 15 is 0 Å². The molecular weight excluding hydrogens is 460 g/mol. The number of hydrogen-bond donors (Lipinski definition) is 1. The van der Waals surface area contributed by atoms with E-state index in [1.54, 1.807) is 0 Å². The van der Waals surface area contributed by atoms with Crippen molar-refractivity contribution in [3.8, 4) is 0 Å². The normalized spacial score (nSPS) is 13.4. The van der Waals surface area contributed by atoms with Gasteiger partial charge in [0, 0.05) is 13.1 Å². The quantitative estimate of drug-likeness (QED) is 0.0860. The van der Waals surface area contributed by atoms with Gasteiger partial charge in [0.1, 0.15) is 0 Å². The van der Waals surface area contributed by atoms with Crippen molar-refractivity contribution < 1.29 is 0 Å². The zero-order valence-corrected chi connectivity index (χ0v) is 27.6. The average molecular weight is 537 g/mol. The lowest BCUT2D eigenvalue weighted by molar-refractivity contribution is 0.171. The third-order valence-electron chi connectivity index (χ3n) is 8.80. The molecule has 0 aliphatic carbocycles. The van der Waals surface area contributed by atoms with Crippen LogP contribution < -0.4 is 5.32 Å². The zero-order chi connectivity index (χ0) is 27.9. The fraction of sp³-hybridized carbons (Fsp3) is 1.00. The Morgan fingerprint density at radius 2 is 0.737 bits per heavy atom. The molecular formula is C36H76N2. The molecule has 0 aliphatic rings. The summed E-state index contributed by atoms with van der Waals surface area (Å²) in [4.78, 5) is 2.94. The van der Waals surface area contributed by atoms with E-state index in [4.69, 9.17) is 0 Å². The van der Waals surface area contributed by atoms with Gasteiger partial charge in [-0.3, -0.25) is 0 Å². The van der Waals surface area contributed by atoms with E-state index in [0.717, 1.165) is 18.4 Å². The van der Waals surface area contributed by atoms with Gasteiger partial charge < -0.3 is 10.2 Å². The monoisotopic (exact) mass is 537 g/mol. The first-order valence-electron chi connectivity index (χ1n) is 18.1. The molecule has 0 saturated heterocycles. The second-order valence-electron chi connectivity index (χ2n) is 12.8. The van der Waals surface area contributed by atoms with Gasteiger partial charge in [0.15, 0.2) is 0 Å². The van der Waals surface area contributed by atoms with E-state index in [2.05, 4.69) is 45.0 Å². The van der Waals surface area contributed by atoms with Gasteiger partial charge in [-0.25, -0.2) is 0 Å². The van der Waals surface area contributed by atoms with Crippen molar-refractivity contribution in [2.45, 2.75) is 188 Å². The van der Waals surface area contributed by atoms with Crippen LogP contribution in [0.3, 0.4) is 0 Å². The molecule has 0 amide bonds. The molecule has 0 saturated carbocycles. The van der Waals surface area contributed by atoms with Crippen LogP contribution in [0.25, 0.3) is 0 Å². The number of unbranched alkanes of at least 4 members (excludes halogenated alkanes) is 16. The van der Waals surface area contributed by atoms with Crippen LogP contribution in [-0.4, -0.2) is 38.1 Å². The Balaban J connectivity index is 5.04. The molecule has 0 aromatic heterocycles. The lowest BCUT2D eigenvalue weighted by Gasteiger charge is -2.31. The number of hydrogen-bond acceptors (Lipinski definition) is 2. The summed E-state index contributed by atoms with van der Waals surface area (Å²) in [5.41, 5.74) is 0.